The molecule has 3 rings (SSSR count). The van der Waals surface area contributed by atoms with Crippen LogP contribution in [0.15, 0.2) is 24.3 Å². The average Bonchev–Trinajstić information content (AvgIpc) is 3.18. The molecule has 2 fully saturated rings. The zero-order valence-corrected chi connectivity index (χ0v) is 13.7. The molecule has 1 amide bonds. The van der Waals surface area contributed by atoms with Gasteiger partial charge in [-0.15, -0.1) is 0 Å². The molecule has 0 spiro atoms. The minimum Gasteiger partial charge on any atom is -0.335 e. The van der Waals surface area contributed by atoms with Gasteiger partial charge in [0, 0.05) is 23.9 Å². The first-order chi connectivity index (χ1) is 10.3. The van der Waals surface area contributed by atoms with Gasteiger partial charge < -0.3 is 4.90 Å². The highest BCUT2D eigenvalue weighted by atomic mass is 32.2. The SMILES string of the molecule is CSCc1ccc(C(=O)N2CCCC2C2CCCC2)cc1. The number of hydrogen-bond donors (Lipinski definition) is 0. The highest BCUT2D eigenvalue weighted by molar-refractivity contribution is 7.97. The lowest BCUT2D eigenvalue weighted by molar-refractivity contribution is 0.0689. The summed E-state index contributed by atoms with van der Waals surface area (Å²) in [5, 5.41) is 0. The van der Waals surface area contributed by atoms with Crippen LogP contribution in [0.1, 0.15) is 54.4 Å². The van der Waals surface area contributed by atoms with Gasteiger partial charge in [-0.05, 0) is 55.6 Å². The van der Waals surface area contributed by atoms with Gasteiger partial charge in [-0.1, -0.05) is 25.0 Å². The minimum absolute atomic E-state index is 0.250. The van der Waals surface area contributed by atoms with Crippen LogP contribution in [0.5, 0.6) is 0 Å². The molecule has 114 valence electrons. The van der Waals surface area contributed by atoms with E-state index in [9.17, 15) is 4.79 Å². The van der Waals surface area contributed by atoms with Crippen LogP contribution in [0.2, 0.25) is 0 Å². The molecule has 1 saturated heterocycles. The molecule has 1 aliphatic carbocycles. The molecule has 0 radical (unpaired) electrons. The van der Waals surface area contributed by atoms with Crippen molar-refractivity contribution in [1.82, 2.24) is 4.90 Å². The van der Waals surface area contributed by atoms with E-state index in [1.54, 1.807) is 0 Å². The normalized spacial score (nSPS) is 22.9. The smallest absolute Gasteiger partial charge is 0.254 e. The van der Waals surface area contributed by atoms with Crippen LogP contribution in [-0.2, 0) is 5.75 Å². The fourth-order valence-corrected chi connectivity index (χ4v) is 4.48. The molecule has 1 heterocycles. The van der Waals surface area contributed by atoms with Crippen LogP contribution in [0, 0.1) is 5.92 Å². The van der Waals surface area contributed by atoms with Gasteiger partial charge in [-0.2, -0.15) is 11.8 Å². The molecule has 3 heteroatoms. The summed E-state index contributed by atoms with van der Waals surface area (Å²) in [5.74, 6) is 2.02. The Kier molecular flexibility index (Phi) is 4.89. The van der Waals surface area contributed by atoms with Crippen molar-refractivity contribution in [2.75, 3.05) is 12.8 Å². The number of amides is 1. The molecule has 0 aromatic heterocycles. The fourth-order valence-electron chi connectivity index (χ4n) is 3.95. The second kappa shape index (κ2) is 6.87. The van der Waals surface area contributed by atoms with Crippen molar-refractivity contribution in [1.29, 1.82) is 0 Å². The van der Waals surface area contributed by atoms with Gasteiger partial charge in [0.1, 0.15) is 0 Å². The molecular formula is C18H25NOS. The van der Waals surface area contributed by atoms with Crippen molar-refractivity contribution in [2.24, 2.45) is 5.92 Å². The number of hydrogen-bond acceptors (Lipinski definition) is 2. The van der Waals surface area contributed by atoms with Crippen LogP contribution in [-0.4, -0.2) is 29.6 Å². The number of rotatable bonds is 4. The van der Waals surface area contributed by atoms with Gasteiger partial charge in [0.25, 0.3) is 5.91 Å². The van der Waals surface area contributed by atoms with Gasteiger partial charge in [-0.25, -0.2) is 0 Å². The van der Waals surface area contributed by atoms with Gasteiger partial charge in [0.05, 0.1) is 0 Å². The lowest BCUT2D eigenvalue weighted by atomic mass is 9.95. The molecule has 2 nitrogen and oxygen atoms in total. The quantitative estimate of drug-likeness (QED) is 0.824. The predicted molar refractivity (Wildman–Crippen MR) is 89.7 cm³/mol. The van der Waals surface area contributed by atoms with E-state index >= 15 is 0 Å². The molecule has 0 bridgehead atoms. The molecule has 1 atom stereocenters. The standard InChI is InChI=1S/C18H25NOS/c1-21-13-14-8-10-16(11-9-14)18(20)19-12-4-7-17(19)15-5-2-3-6-15/h8-11,15,17H,2-7,12-13H2,1H3. The summed E-state index contributed by atoms with van der Waals surface area (Å²) in [5.41, 5.74) is 2.16. The molecule has 1 aromatic rings. The van der Waals surface area contributed by atoms with E-state index < -0.39 is 0 Å². The van der Waals surface area contributed by atoms with Crippen LogP contribution < -0.4 is 0 Å². The maximum absolute atomic E-state index is 12.8. The van der Waals surface area contributed by atoms with E-state index in [4.69, 9.17) is 0 Å². The Morgan fingerprint density at radius 3 is 2.52 bits per heavy atom. The molecule has 21 heavy (non-hydrogen) atoms. The van der Waals surface area contributed by atoms with E-state index in [2.05, 4.69) is 23.3 Å². The number of thioether (sulfide) groups is 1. The third-order valence-electron chi connectivity index (χ3n) is 5.02. The largest absolute Gasteiger partial charge is 0.335 e. The first-order valence-corrected chi connectivity index (χ1v) is 9.58. The zero-order chi connectivity index (χ0) is 14.7. The number of nitrogens with zero attached hydrogens (tertiary/aromatic N) is 1. The molecule has 1 aliphatic heterocycles. The molecule has 1 saturated carbocycles. The third kappa shape index (κ3) is 3.28. The van der Waals surface area contributed by atoms with E-state index in [-0.39, 0.29) is 5.91 Å². The van der Waals surface area contributed by atoms with Crippen LogP contribution in [0.3, 0.4) is 0 Å². The second-order valence-corrected chi connectivity index (χ2v) is 7.25. The highest BCUT2D eigenvalue weighted by Gasteiger charge is 2.36. The van der Waals surface area contributed by atoms with E-state index in [1.165, 1.54) is 44.1 Å². The maximum atomic E-state index is 12.8. The van der Waals surface area contributed by atoms with E-state index in [0.717, 1.165) is 23.8 Å². The lowest BCUT2D eigenvalue weighted by Gasteiger charge is -2.29. The maximum Gasteiger partial charge on any atom is 0.254 e. The third-order valence-corrected chi connectivity index (χ3v) is 5.64. The Morgan fingerprint density at radius 1 is 1.14 bits per heavy atom. The monoisotopic (exact) mass is 303 g/mol. The summed E-state index contributed by atoms with van der Waals surface area (Å²) < 4.78 is 0. The van der Waals surface area contributed by atoms with Crippen molar-refractivity contribution in [2.45, 2.75) is 50.3 Å². The molecular weight excluding hydrogens is 278 g/mol. The number of likely N-dealkylation sites (tertiary alicyclic amines) is 1. The summed E-state index contributed by atoms with van der Waals surface area (Å²) in [7, 11) is 0. The first kappa shape index (κ1) is 15.0. The van der Waals surface area contributed by atoms with E-state index in [0.29, 0.717) is 6.04 Å². The molecule has 2 aliphatic rings. The highest BCUT2D eigenvalue weighted by Crippen LogP contribution is 2.36. The first-order valence-electron chi connectivity index (χ1n) is 8.18. The Morgan fingerprint density at radius 2 is 1.86 bits per heavy atom. The van der Waals surface area contributed by atoms with Crippen molar-refractivity contribution >= 4 is 17.7 Å². The molecule has 0 N–H and O–H groups in total. The van der Waals surface area contributed by atoms with E-state index in [1.807, 2.05) is 23.9 Å². The molecule has 1 aromatic carbocycles. The van der Waals surface area contributed by atoms with Crippen molar-refractivity contribution < 1.29 is 4.79 Å². The Labute approximate surface area is 132 Å². The summed E-state index contributed by atoms with van der Waals surface area (Å²) in [6, 6.07) is 8.73. The minimum atomic E-state index is 0.250. The summed E-state index contributed by atoms with van der Waals surface area (Å²) in [4.78, 5) is 15.0. The molecule has 1 unspecified atom stereocenters. The van der Waals surface area contributed by atoms with Crippen molar-refractivity contribution in [3.63, 3.8) is 0 Å². The predicted octanol–water partition coefficient (Wildman–Crippen LogP) is 4.34. The zero-order valence-electron chi connectivity index (χ0n) is 12.9. The summed E-state index contributed by atoms with van der Waals surface area (Å²) in [6.45, 7) is 0.951. The van der Waals surface area contributed by atoms with Crippen molar-refractivity contribution in [3.05, 3.63) is 35.4 Å². The fraction of sp³-hybridized carbons (Fsp3) is 0.611. The van der Waals surface area contributed by atoms with Crippen LogP contribution in [0.4, 0.5) is 0 Å². The van der Waals surface area contributed by atoms with Gasteiger partial charge in [0.2, 0.25) is 0 Å². The van der Waals surface area contributed by atoms with Gasteiger partial charge >= 0.3 is 0 Å². The van der Waals surface area contributed by atoms with Crippen LogP contribution >= 0.6 is 11.8 Å². The van der Waals surface area contributed by atoms with Crippen molar-refractivity contribution in [3.8, 4) is 0 Å². The Balaban J connectivity index is 1.71. The Bertz CT molecular complexity index is 478. The topological polar surface area (TPSA) is 20.3 Å². The number of carbonyl (C=O) groups excluding carboxylic acids is 1. The van der Waals surface area contributed by atoms with Crippen LogP contribution in [0.25, 0.3) is 0 Å². The lowest BCUT2D eigenvalue weighted by Crippen LogP contribution is -2.39. The van der Waals surface area contributed by atoms with Gasteiger partial charge in [0.15, 0.2) is 0 Å². The average molecular weight is 303 g/mol. The summed E-state index contributed by atoms with van der Waals surface area (Å²) in [6.07, 6.45) is 9.84. The second-order valence-electron chi connectivity index (χ2n) is 6.38. The number of benzene rings is 1. The number of carbonyl (C=O) groups is 1. The Hall–Kier alpha value is -0.960. The van der Waals surface area contributed by atoms with Gasteiger partial charge in [-0.3, -0.25) is 4.79 Å². The summed E-state index contributed by atoms with van der Waals surface area (Å²) >= 11 is 1.82.